The van der Waals surface area contributed by atoms with Gasteiger partial charge in [0.05, 0.1) is 6.54 Å². The third kappa shape index (κ3) is 2.20. The third-order valence-corrected chi connectivity index (χ3v) is 2.11. The van der Waals surface area contributed by atoms with Gasteiger partial charge in [-0.3, -0.25) is 4.68 Å². The second-order valence-corrected chi connectivity index (χ2v) is 3.37. The number of carboxylic acid groups (broad SMARTS) is 1. The second kappa shape index (κ2) is 4.06. The van der Waals surface area contributed by atoms with Crippen LogP contribution in [0.5, 0.6) is 5.75 Å². The van der Waals surface area contributed by atoms with E-state index < -0.39 is 5.97 Å². The van der Waals surface area contributed by atoms with E-state index in [2.05, 4.69) is 5.10 Å². The standard InChI is InChI=1S/C11H10N2O3/c14-9-3-1-2-8(6-9)7-13-5-4-10(12-13)11(15)16/h1-6,14H,7H2,(H,15,16). The van der Waals surface area contributed by atoms with Gasteiger partial charge in [0, 0.05) is 6.20 Å². The molecule has 0 fully saturated rings. The average molecular weight is 218 g/mol. The predicted molar refractivity (Wildman–Crippen MR) is 56.4 cm³/mol. The Hall–Kier alpha value is -2.30. The van der Waals surface area contributed by atoms with Crippen molar-refractivity contribution in [3.8, 4) is 5.75 Å². The Morgan fingerprint density at radius 1 is 1.38 bits per heavy atom. The molecule has 0 unspecified atom stereocenters. The largest absolute Gasteiger partial charge is 0.508 e. The van der Waals surface area contributed by atoms with Crippen LogP contribution in [0.15, 0.2) is 36.5 Å². The minimum atomic E-state index is -1.05. The molecular weight excluding hydrogens is 208 g/mol. The van der Waals surface area contributed by atoms with E-state index in [1.165, 1.54) is 10.7 Å². The number of phenolic OH excluding ortho intramolecular Hbond substituents is 1. The highest BCUT2D eigenvalue weighted by Gasteiger charge is 2.06. The molecular formula is C11H10N2O3. The van der Waals surface area contributed by atoms with Crippen LogP contribution < -0.4 is 0 Å². The van der Waals surface area contributed by atoms with Gasteiger partial charge in [-0.1, -0.05) is 12.1 Å². The zero-order chi connectivity index (χ0) is 11.5. The van der Waals surface area contributed by atoms with E-state index in [1.54, 1.807) is 24.4 Å². The van der Waals surface area contributed by atoms with Crippen molar-refractivity contribution in [1.82, 2.24) is 9.78 Å². The predicted octanol–water partition coefficient (Wildman–Crippen LogP) is 1.34. The molecule has 0 amide bonds. The summed E-state index contributed by atoms with van der Waals surface area (Å²) < 4.78 is 1.51. The van der Waals surface area contributed by atoms with Gasteiger partial charge in [-0.15, -0.1) is 0 Å². The number of rotatable bonds is 3. The zero-order valence-corrected chi connectivity index (χ0v) is 8.37. The van der Waals surface area contributed by atoms with E-state index in [1.807, 2.05) is 6.07 Å². The maximum atomic E-state index is 10.6. The van der Waals surface area contributed by atoms with Crippen molar-refractivity contribution in [2.45, 2.75) is 6.54 Å². The van der Waals surface area contributed by atoms with Gasteiger partial charge in [-0.05, 0) is 23.8 Å². The van der Waals surface area contributed by atoms with E-state index >= 15 is 0 Å². The first kappa shape index (κ1) is 10.2. The highest BCUT2D eigenvalue weighted by molar-refractivity contribution is 5.85. The number of benzene rings is 1. The summed E-state index contributed by atoms with van der Waals surface area (Å²) in [5, 5.41) is 21.8. The topological polar surface area (TPSA) is 75.3 Å². The summed E-state index contributed by atoms with van der Waals surface area (Å²) in [6, 6.07) is 8.19. The number of aromatic carboxylic acids is 1. The Morgan fingerprint density at radius 2 is 2.19 bits per heavy atom. The van der Waals surface area contributed by atoms with Gasteiger partial charge >= 0.3 is 5.97 Å². The van der Waals surface area contributed by atoms with Gasteiger partial charge in [0.25, 0.3) is 0 Å². The van der Waals surface area contributed by atoms with Crippen molar-refractivity contribution in [2.24, 2.45) is 0 Å². The number of phenols is 1. The lowest BCUT2D eigenvalue weighted by Gasteiger charge is -2.01. The Bertz CT molecular complexity index is 519. The summed E-state index contributed by atoms with van der Waals surface area (Å²) in [7, 11) is 0. The molecule has 0 spiro atoms. The number of carboxylic acids is 1. The zero-order valence-electron chi connectivity index (χ0n) is 8.37. The molecule has 0 aliphatic heterocycles. The number of aromatic nitrogens is 2. The van der Waals surface area contributed by atoms with Crippen LogP contribution in [-0.2, 0) is 6.54 Å². The maximum Gasteiger partial charge on any atom is 0.356 e. The summed E-state index contributed by atoms with van der Waals surface area (Å²) in [6.45, 7) is 0.432. The molecule has 2 rings (SSSR count). The van der Waals surface area contributed by atoms with Gasteiger partial charge < -0.3 is 10.2 Å². The average Bonchev–Trinajstić information content (AvgIpc) is 2.66. The van der Waals surface area contributed by atoms with E-state index in [4.69, 9.17) is 5.11 Å². The van der Waals surface area contributed by atoms with Crippen LogP contribution in [0, 0.1) is 0 Å². The van der Waals surface area contributed by atoms with E-state index in [0.29, 0.717) is 6.54 Å². The summed E-state index contributed by atoms with van der Waals surface area (Å²) >= 11 is 0. The molecule has 1 aromatic heterocycles. The molecule has 0 bridgehead atoms. The molecule has 2 N–H and O–H groups in total. The molecule has 5 nitrogen and oxygen atoms in total. The van der Waals surface area contributed by atoms with E-state index in [0.717, 1.165) is 5.56 Å². The smallest absolute Gasteiger partial charge is 0.356 e. The third-order valence-electron chi connectivity index (χ3n) is 2.11. The van der Waals surface area contributed by atoms with E-state index in [-0.39, 0.29) is 11.4 Å². The lowest BCUT2D eigenvalue weighted by Crippen LogP contribution is -2.03. The minimum Gasteiger partial charge on any atom is -0.508 e. The van der Waals surface area contributed by atoms with Gasteiger partial charge in [-0.25, -0.2) is 4.79 Å². The number of nitrogens with zero attached hydrogens (tertiary/aromatic N) is 2. The molecule has 1 heterocycles. The molecule has 0 aliphatic carbocycles. The summed E-state index contributed by atoms with van der Waals surface area (Å²) in [5.74, 6) is -0.863. The molecule has 2 aromatic rings. The highest BCUT2D eigenvalue weighted by Crippen LogP contribution is 2.11. The van der Waals surface area contributed by atoms with Gasteiger partial charge in [0.1, 0.15) is 5.75 Å². The summed E-state index contributed by atoms with van der Waals surface area (Å²) in [4.78, 5) is 10.6. The van der Waals surface area contributed by atoms with Crippen molar-refractivity contribution >= 4 is 5.97 Å². The van der Waals surface area contributed by atoms with Crippen molar-refractivity contribution in [2.75, 3.05) is 0 Å². The molecule has 0 saturated heterocycles. The van der Waals surface area contributed by atoms with Crippen LogP contribution in [0.1, 0.15) is 16.1 Å². The molecule has 82 valence electrons. The molecule has 0 atom stereocenters. The lowest BCUT2D eigenvalue weighted by atomic mass is 10.2. The monoisotopic (exact) mass is 218 g/mol. The summed E-state index contributed by atoms with van der Waals surface area (Å²) in [6.07, 6.45) is 1.59. The van der Waals surface area contributed by atoms with Crippen molar-refractivity contribution in [1.29, 1.82) is 0 Å². The van der Waals surface area contributed by atoms with Crippen molar-refractivity contribution < 1.29 is 15.0 Å². The molecule has 0 radical (unpaired) electrons. The highest BCUT2D eigenvalue weighted by atomic mass is 16.4. The number of carbonyl (C=O) groups is 1. The number of aromatic hydroxyl groups is 1. The fourth-order valence-corrected chi connectivity index (χ4v) is 1.41. The SMILES string of the molecule is O=C(O)c1ccn(Cc2cccc(O)c2)n1. The lowest BCUT2D eigenvalue weighted by molar-refractivity contribution is 0.0689. The van der Waals surface area contributed by atoms with Gasteiger partial charge in [-0.2, -0.15) is 5.10 Å². The molecule has 0 aliphatic rings. The van der Waals surface area contributed by atoms with Crippen molar-refractivity contribution in [3.05, 3.63) is 47.8 Å². The quantitative estimate of drug-likeness (QED) is 0.815. The summed E-state index contributed by atoms with van der Waals surface area (Å²) in [5.41, 5.74) is 0.875. The minimum absolute atomic E-state index is 0.0140. The Morgan fingerprint density at radius 3 is 2.81 bits per heavy atom. The second-order valence-electron chi connectivity index (χ2n) is 3.37. The molecule has 16 heavy (non-hydrogen) atoms. The first-order valence-electron chi connectivity index (χ1n) is 4.70. The Labute approximate surface area is 91.6 Å². The maximum absolute atomic E-state index is 10.6. The van der Waals surface area contributed by atoms with Crippen LogP contribution in [0.2, 0.25) is 0 Å². The van der Waals surface area contributed by atoms with Crippen LogP contribution in [0.25, 0.3) is 0 Å². The Kier molecular flexibility index (Phi) is 2.59. The molecule has 5 heteroatoms. The van der Waals surface area contributed by atoms with Gasteiger partial charge in [0.15, 0.2) is 5.69 Å². The van der Waals surface area contributed by atoms with Gasteiger partial charge in [0.2, 0.25) is 0 Å². The van der Waals surface area contributed by atoms with Crippen LogP contribution in [0.3, 0.4) is 0 Å². The molecule has 0 saturated carbocycles. The molecule has 1 aromatic carbocycles. The van der Waals surface area contributed by atoms with Crippen LogP contribution in [0.4, 0.5) is 0 Å². The first-order chi connectivity index (χ1) is 7.65. The normalized spacial score (nSPS) is 10.2. The van der Waals surface area contributed by atoms with Crippen LogP contribution >= 0.6 is 0 Å². The number of hydrogen-bond donors (Lipinski definition) is 2. The number of hydrogen-bond acceptors (Lipinski definition) is 3. The fourth-order valence-electron chi connectivity index (χ4n) is 1.41. The Balaban J connectivity index is 2.17. The van der Waals surface area contributed by atoms with Crippen molar-refractivity contribution in [3.63, 3.8) is 0 Å². The van der Waals surface area contributed by atoms with Crippen LogP contribution in [-0.4, -0.2) is 26.0 Å². The fraction of sp³-hybridized carbons (Fsp3) is 0.0909. The van der Waals surface area contributed by atoms with E-state index in [9.17, 15) is 9.90 Å². The first-order valence-corrected chi connectivity index (χ1v) is 4.70.